The highest BCUT2D eigenvalue weighted by Crippen LogP contribution is 2.32. The number of esters is 1. The molecule has 120 valence electrons. The SMILES string of the molecule is C=CC(=O)OCCOc1cc(N)c(OCCOC=O)cc1N. The summed E-state index contributed by atoms with van der Waals surface area (Å²) in [5.41, 5.74) is 12.3. The minimum absolute atomic E-state index is 0.0610. The van der Waals surface area contributed by atoms with E-state index in [0.29, 0.717) is 29.3 Å². The number of benzene rings is 1. The van der Waals surface area contributed by atoms with E-state index < -0.39 is 5.97 Å². The first-order chi connectivity index (χ1) is 10.6. The maximum Gasteiger partial charge on any atom is 0.330 e. The van der Waals surface area contributed by atoms with Crippen LogP contribution in [0.15, 0.2) is 24.8 Å². The first-order valence-electron chi connectivity index (χ1n) is 6.37. The molecule has 0 saturated heterocycles. The van der Waals surface area contributed by atoms with Crippen molar-refractivity contribution in [2.75, 3.05) is 37.9 Å². The van der Waals surface area contributed by atoms with Crippen molar-refractivity contribution in [3.63, 3.8) is 0 Å². The van der Waals surface area contributed by atoms with E-state index in [4.69, 9.17) is 25.7 Å². The second-order valence-electron chi connectivity index (χ2n) is 3.96. The summed E-state index contributed by atoms with van der Waals surface area (Å²) in [7, 11) is 0. The van der Waals surface area contributed by atoms with Crippen LogP contribution >= 0.6 is 0 Å². The Bertz CT molecular complexity index is 532. The van der Waals surface area contributed by atoms with Crippen molar-refractivity contribution >= 4 is 23.8 Å². The minimum atomic E-state index is -0.530. The Morgan fingerprint density at radius 2 is 1.59 bits per heavy atom. The van der Waals surface area contributed by atoms with Gasteiger partial charge in [0.2, 0.25) is 0 Å². The predicted molar refractivity (Wildman–Crippen MR) is 79.4 cm³/mol. The lowest BCUT2D eigenvalue weighted by atomic mass is 10.2. The lowest BCUT2D eigenvalue weighted by molar-refractivity contribution is -0.138. The summed E-state index contributed by atoms with van der Waals surface area (Å²) < 4.78 is 19.9. The fourth-order valence-electron chi connectivity index (χ4n) is 1.44. The van der Waals surface area contributed by atoms with E-state index in [9.17, 15) is 9.59 Å². The van der Waals surface area contributed by atoms with Gasteiger partial charge in [-0.25, -0.2) is 4.79 Å². The Kier molecular flexibility index (Phi) is 7.10. The summed E-state index contributed by atoms with van der Waals surface area (Å²) in [6, 6.07) is 3.00. The van der Waals surface area contributed by atoms with Crippen molar-refractivity contribution in [1.29, 1.82) is 0 Å². The van der Waals surface area contributed by atoms with Crippen molar-refractivity contribution in [3.8, 4) is 11.5 Å². The third kappa shape index (κ3) is 5.61. The van der Waals surface area contributed by atoms with Gasteiger partial charge in [-0.1, -0.05) is 6.58 Å². The molecule has 0 aliphatic carbocycles. The van der Waals surface area contributed by atoms with Gasteiger partial charge < -0.3 is 30.4 Å². The standard InChI is InChI=1S/C14H18N2O6/c1-2-14(18)22-6-5-21-13-8-10(15)12(7-11(13)16)20-4-3-19-9-17/h2,7-9H,1,3-6,15-16H2. The van der Waals surface area contributed by atoms with Gasteiger partial charge in [0.15, 0.2) is 0 Å². The molecule has 0 heterocycles. The molecule has 1 aromatic carbocycles. The van der Waals surface area contributed by atoms with Crippen molar-refractivity contribution in [3.05, 3.63) is 24.8 Å². The molecule has 0 bridgehead atoms. The number of nitrogen functional groups attached to an aromatic ring is 2. The van der Waals surface area contributed by atoms with Crippen molar-refractivity contribution in [2.24, 2.45) is 0 Å². The van der Waals surface area contributed by atoms with Crippen LogP contribution in [-0.2, 0) is 19.1 Å². The molecule has 0 amide bonds. The number of hydrogen-bond donors (Lipinski definition) is 2. The van der Waals surface area contributed by atoms with Gasteiger partial charge in [0.05, 0.1) is 11.4 Å². The molecule has 0 unspecified atom stereocenters. The Hall–Kier alpha value is -2.90. The summed E-state index contributed by atoms with van der Waals surface area (Å²) in [5.74, 6) is 0.179. The molecule has 0 aliphatic rings. The smallest absolute Gasteiger partial charge is 0.330 e. The lowest BCUT2D eigenvalue weighted by Crippen LogP contribution is -2.11. The van der Waals surface area contributed by atoms with Gasteiger partial charge in [-0.05, 0) is 0 Å². The molecule has 8 heteroatoms. The van der Waals surface area contributed by atoms with Crippen LogP contribution in [-0.4, -0.2) is 38.9 Å². The van der Waals surface area contributed by atoms with Gasteiger partial charge in [-0.3, -0.25) is 4.79 Å². The fourth-order valence-corrected chi connectivity index (χ4v) is 1.44. The number of rotatable bonds is 10. The maximum absolute atomic E-state index is 10.8. The van der Waals surface area contributed by atoms with Gasteiger partial charge >= 0.3 is 5.97 Å². The summed E-state index contributed by atoms with van der Waals surface area (Å²) >= 11 is 0. The average molecular weight is 310 g/mol. The first kappa shape index (κ1) is 17.2. The Morgan fingerprint density at radius 1 is 1.05 bits per heavy atom. The number of carbonyl (C=O) groups is 2. The van der Waals surface area contributed by atoms with Crippen molar-refractivity contribution < 1.29 is 28.5 Å². The quantitative estimate of drug-likeness (QED) is 0.211. The van der Waals surface area contributed by atoms with E-state index in [1.165, 1.54) is 12.1 Å². The molecule has 0 saturated carbocycles. The molecule has 0 aliphatic heterocycles. The first-order valence-corrected chi connectivity index (χ1v) is 6.37. The Labute approximate surface area is 127 Å². The van der Waals surface area contributed by atoms with Gasteiger partial charge in [-0.2, -0.15) is 0 Å². The van der Waals surface area contributed by atoms with E-state index in [-0.39, 0.29) is 26.4 Å². The topological polar surface area (TPSA) is 123 Å². The zero-order chi connectivity index (χ0) is 16.4. The molecule has 8 nitrogen and oxygen atoms in total. The molecule has 1 rings (SSSR count). The number of hydrogen-bond acceptors (Lipinski definition) is 8. The van der Waals surface area contributed by atoms with E-state index in [1.54, 1.807) is 0 Å². The molecule has 4 N–H and O–H groups in total. The molecule has 0 spiro atoms. The van der Waals surface area contributed by atoms with E-state index in [1.807, 2.05) is 0 Å². The Morgan fingerprint density at radius 3 is 2.09 bits per heavy atom. The zero-order valence-corrected chi connectivity index (χ0v) is 11.9. The molecule has 22 heavy (non-hydrogen) atoms. The number of carbonyl (C=O) groups excluding carboxylic acids is 2. The monoisotopic (exact) mass is 310 g/mol. The van der Waals surface area contributed by atoms with Gasteiger partial charge in [0.25, 0.3) is 6.47 Å². The van der Waals surface area contributed by atoms with Crippen LogP contribution in [0.4, 0.5) is 11.4 Å². The van der Waals surface area contributed by atoms with Gasteiger partial charge in [0.1, 0.15) is 37.9 Å². The number of ether oxygens (including phenoxy) is 4. The highest BCUT2D eigenvalue weighted by molar-refractivity contribution is 5.81. The van der Waals surface area contributed by atoms with Crippen LogP contribution in [0.1, 0.15) is 0 Å². The van der Waals surface area contributed by atoms with E-state index >= 15 is 0 Å². The minimum Gasteiger partial charge on any atom is -0.488 e. The predicted octanol–water partition coefficient (Wildman–Crippen LogP) is 0.511. The average Bonchev–Trinajstić information content (AvgIpc) is 2.51. The lowest BCUT2D eigenvalue weighted by Gasteiger charge is -2.13. The number of nitrogens with two attached hydrogens (primary N) is 2. The summed E-state index contributed by atoms with van der Waals surface area (Å²) in [6.45, 7) is 4.05. The highest BCUT2D eigenvalue weighted by atomic mass is 16.6. The van der Waals surface area contributed by atoms with Crippen molar-refractivity contribution in [1.82, 2.24) is 0 Å². The van der Waals surface area contributed by atoms with E-state index in [0.717, 1.165) is 6.08 Å². The summed E-state index contributed by atoms with van der Waals surface area (Å²) in [6.07, 6.45) is 1.06. The van der Waals surface area contributed by atoms with Crippen LogP contribution in [0.3, 0.4) is 0 Å². The fraction of sp³-hybridized carbons (Fsp3) is 0.286. The van der Waals surface area contributed by atoms with Crippen LogP contribution < -0.4 is 20.9 Å². The van der Waals surface area contributed by atoms with Gasteiger partial charge in [0, 0.05) is 18.2 Å². The second-order valence-corrected chi connectivity index (χ2v) is 3.96. The molecular formula is C14H18N2O6. The second kappa shape index (κ2) is 9.11. The third-order valence-corrected chi connectivity index (χ3v) is 2.42. The molecule has 0 atom stereocenters. The molecular weight excluding hydrogens is 292 g/mol. The van der Waals surface area contributed by atoms with E-state index in [2.05, 4.69) is 11.3 Å². The molecule has 0 fully saturated rings. The zero-order valence-electron chi connectivity index (χ0n) is 11.9. The normalized spacial score (nSPS) is 9.64. The van der Waals surface area contributed by atoms with Crippen LogP contribution in [0.2, 0.25) is 0 Å². The maximum atomic E-state index is 10.8. The van der Waals surface area contributed by atoms with Crippen LogP contribution in [0.25, 0.3) is 0 Å². The summed E-state index contributed by atoms with van der Waals surface area (Å²) in [5, 5.41) is 0. The van der Waals surface area contributed by atoms with Crippen LogP contribution in [0, 0.1) is 0 Å². The highest BCUT2D eigenvalue weighted by Gasteiger charge is 2.08. The Balaban J connectivity index is 2.51. The summed E-state index contributed by atoms with van der Waals surface area (Å²) in [4.78, 5) is 20.8. The van der Waals surface area contributed by atoms with Gasteiger partial charge in [-0.15, -0.1) is 0 Å². The largest absolute Gasteiger partial charge is 0.488 e. The molecule has 0 radical (unpaired) electrons. The number of anilines is 2. The van der Waals surface area contributed by atoms with Crippen LogP contribution in [0.5, 0.6) is 11.5 Å². The molecule has 1 aromatic rings. The third-order valence-electron chi connectivity index (χ3n) is 2.42. The van der Waals surface area contributed by atoms with Crippen molar-refractivity contribution in [2.45, 2.75) is 0 Å². The molecule has 0 aromatic heterocycles.